The molecule has 98 valence electrons. The van der Waals surface area contributed by atoms with Crippen LogP contribution in [0.4, 0.5) is 5.95 Å². The summed E-state index contributed by atoms with van der Waals surface area (Å²) in [6.07, 6.45) is 1.70. The Morgan fingerprint density at radius 2 is 2.06 bits per heavy atom. The Hall–Kier alpha value is -1.91. The number of rotatable bonds is 2. The van der Waals surface area contributed by atoms with Crippen LogP contribution in [0.25, 0.3) is 11.0 Å². The third-order valence-corrected chi connectivity index (χ3v) is 2.30. The fourth-order valence-corrected chi connectivity index (χ4v) is 1.47. The number of aromatic amines is 1. The van der Waals surface area contributed by atoms with Gasteiger partial charge in [0, 0.05) is 24.2 Å². The highest BCUT2D eigenvalue weighted by Gasteiger charge is 2.07. The number of carbonyl (C=O) groups excluding carboxylic acids is 1. The summed E-state index contributed by atoms with van der Waals surface area (Å²) in [7, 11) is 0. The van der Waals surface area contributed by atoms with E-state index in [9.17, 15) is 4.79 Å². The molecule has 18 heavy (non-hydrogen) atoms. The van der Waals surface area contributed by atoms with Gasteiger partial charge in [0.2, 0.25) is 11.9 Å². The lowest BCUT2D eigenvalue weighted by Crippen LogP contribution is -2.08. The van der Waals surface area contributed by atoms with Crippen molar-refractivity contribution in [1.29, 1.82) is 0 Å². The number of H-pyrrole nitrogens is 1. The van der Waals surface area contributed by atoms with E-state index in [0.717, 1.165) is 16.7 Å². The molecule has 0 fully saturated rings. The highest BCUT2D eigenvalue weighted by Crippen LogP contribution is 2.19. The van der Waals surface area contributed by atoms with Crippen LogP contribution < -0.4 is 5.32 Å². The summed E-state index contributed by atoms with van der Waals surface area (Å²) in [5.74, 6) is 0.575. The summed E-state index contributed by atoms with van der Waals surface area (Å²) in [5, 5.41) is 3.51. The largest absolute Gasteiger partial charge is 0.343 e. The fourth-order valence-electron chi connectivity index (χ4n) is 1.47. The van der Waals surface area contributed by atoms with Gasteiger partial charge in [-0.2, -0.15) is 4.98 Å². The van der Waals surface area contributed by atoms with Gasteiger partial charge in [0.1, 0.15) is 5.65 Å². The van der Waals surface area contributed by atoms with Crippen molar-refractivity contribution in [3.63, 3.8) is 0 Å². The highest BCUT2D eigenvalue weighted by molar-refractivity contribution is 5.87. The standard InChI is InChI=1S/C11H14N4O.C2H6/c1-6(2)9-4-8-5-12-11(13-7(3)16)15-10(8)14-9;1-2/h4-6H,1-3H3,(H2,12,13,14,15,16);1-2H3. The van der Waals surface area contributed by atoms with Crippen LogP contribution >= 0.6 is 0 Å². The van der Waals surface area contributed by atoms with Crippen molar-refractivity contribution < 1.29 is 4.79 Å². The van der Waals surface area contributed by atoms with E-state index >= 15 is 0 Å². The first kappa shape index (κ1) is 14.2. The van der Waals surface area contributed by atoms with E-state index in [-0.39, 0.29) is 5.91 Å². The van der Waals surface area contributed by atoms with Gasteiger partial charge >= 0.3 is 0 Å². The van der Waals surface area contributed by atoms with Gasteiger partial charge < -0.3 is 4.98 Å². The first-order valence-corrected chi connectivity index (χ1v) is 6.19. The van der Waals surface area contributed by atoms with Crippen molar-refractivity contribution in [2.45, 2.75) is 40.5 Å². The van der Waals surface area contributed by atoms with Crippen molar-refractivity contribution in [3.8, 4) is 0 Å². The zero-order chi connectivity index (χ0) is 13.7. The summed E-state index contributed by atoms with van der Waals surface area (Å²) in [6.45, 7) is 9.64. The Balaban J connectivity index is 0.000000771. The Kier molecular flexibility index (Phi) is 4.83. The lowest BCUT2D eigenvalue weighted by atomic mass is 10.1. The summed E-state index contributed by atoms with van der Waals surface area (Å²) in [4.78, 5) is 22.3. The second-order valence-electron chi connectivity index (χ2n) is 4.06. The minimum Gasteiger partial charge on any atom is -0.343 e. The molecule has 0 aromatic carbocycles. The molecule has 5 heteroatoms. The molecule has 2 aromatic rings. The maximum atomic E-state index is 10.9. The van der Waals surface area contributed by atoms with Crippen LogP contribution in [0.3, 0.4) is 0 Å². The van der Waals surface area contributed by atoms with Crippen LogP contribution in [0.15, 0.2) is 12.3 Å². The first-order valence-electron chi connectivity index (χ1n) is 6.19. The number of hydrogen-bond acceptors (Lipinski definition) is 3. The van der Waals surface area contributed by atoms with Gasteiger partial charge in [-0.15, -0.1) is 0 Å². The Morgan fingerprint density at radius 3 is 2.61 bits per heavy atom. The van der Waals surface area contributed by atoms with Gasteiger partial charge in [0.05, 0.1) is 0 Å². The van der Waals surface area contributed by atoms with Gasteiger partial charge in [-0.25, -0.2) is 4.98 Å². The molecule has 0 radical (unpaired) electrons. The maximum Gasteiger partial charge on any atom is 0.231 e. The normalized spacial score (nSPS) is 10.1. The summed E-state index contributed by atoms with van der Waals surface area (Å²) < 4.78 is 0. The minimum atomic E-state index is -0.171. The molecule has 0 saturated carbocycles. The number of hydrogen-bond donors (Lipinski definition) is 2. The number of amides is 1. The average molecular weight is 248 g/mol. The number of nitrogens with zero attached hydrogens (tertiary/aromatic N) is 2. The molecule has 0 aliphatic heterocycles. The van der Waals surface area contributed by atoms with Crippen LogP contribution in [-0.4, -0.2) is 20.9 Å². The highest BCUT2D eigenvalue weighted by atomic mass is 16.1. The predicted octanol–water partition coefficient (Wildman–Crippen LogP) is 3.07. The molecular weight excluding hydrogens is 228 g/mol. The summed E-state index contributed by atoms with van der Waals surface area (Å²) in [5.41, 5.74) is 1.87. The number of fused-ring (bicyclic) bond motifs is 1. The van der Waals surface area contributed by atoms with Crippen molar-refractivity contribution in [1.82, 2.24) is 15.0 Å². The van der Waals surface area contributed by atoms with Crippen LogP contribution in [0.5, 0.6) is 0 Å². The molecule has 0 atom stereocenters. The first-order chi connectivity index (χ1) is 8.56. The zero-order valence-electron chi connectivity index (χ0n) is 11.5. The fraction of sp³-hybridized carbons (Fsp3) is 0.462. The van der Waals surface area contributed by atoms with Crippen molar-refractivity contribution in [2.24, 2.45) is 0 Å². The molecule has 0 unspecified atom stereocenters. The predicted molar refractivity (Wildman–Crippen MR) is 73.6 cm³/mol. The maximum absolute atomic E-state index is 10.9. The van der Waals surface area contributed by atoms with Gasteiger partial charge in [0.15, 0.2) is 0 Å². The van der Waals surface area contributed by atoms with Crippen LogP contribution in [0.2, 0.25) is 0 Å². The molecule has 2 heterocycles. The molecule has 1 amide bonds. The quantitative estimate of drug-likeness (QED) is 0.858. The molecule has 2 N–H and O–H groups in total. The number of carbonyl (C=O) groups is 1. The van der Waals surface area contributed by atoms with Gasteiger partial charge in [-0.05, 0) is 12.0 Å². The van der Waals surface area contributed by atoms with Gasteiger partial charge in [0.25, 0.3) is 0 Å². The van der Waals surface area contributed by atoms with E-state index in [1.165, 1.54) is 6.92 Å². The van der Waals surface area contributed by atoms with E-state index in [0.29, 0.717) is 11.9 Å². The molecule has 0 spiro atoms. The molecule has 0 bridgehead atoms. The molecule has 0 aliphatic carbocycles. The monoisotopic (exact) mass is 248 g/mol. The summed E-state index contributed by atoms with van der Waals surface area (Å²) in [6, 6.07) is 2.03. The van der Waals surface area contributed by atoms with Crippen molar-refractivity contribution in [2.75, 3.05) is 5.32 Å². The average Bonchev–Trinajstić information content (AvgIpc) is 2.74. The SMILES string of the molecule is CC.CC(=O)Nc1ncc2cc(C(C)C)[nH]c2n1. The van der Waals surface area contributed by atoms with Crippen LogP contribution in [-0.2, 0) is 4.79 Å². The van der Waals surface area contributed by atoms with E-state index < -0.39 is 0 Å². The number of aromatic nitrogens is 3. The molecular formula is C13H20N4O. The van der Waals surface area contributed by atoms with E-state index in [4.69, 9.17) is 0 Å². The second-order valence-corrected chi connectivity index (χ2v) is 4.06. The molecule has 5 nitrogen and oxygen atoms in total. The van der Waals surface area contributed by atoms with Crippen molar-refractivity contribution in [3.05, 3.63) is 18.0 Å². The van der Waals surface area contributed by atoms with Crippen molar-refractivity contribution >= 4 is 22.9 Å². The third kappa shape index (κ3) is 3.29. The number of nitrogens with one attached hydrogen (secondary N) is 2. The Bertz CT molecular complexity index is 531. The van der Waals surface area contributed by atoms with E-state index in [1.54, 1.807) is 6.20 Å². The lowest BCUT2D eigenvalue weighted by molar-refractivity contribution is -0.114. The third-order valence-electron chi connectivity index (χ3n) is 2.30. The zero-order valence-corrected chi connectivity index (χ0v) is 11.5. The van der Waals surface area contributed by atoms with Crippen LogP contribution in [0.1, 0.15) is 46.2 Å². The van der Waals surface area contributed by atoms with Crippen LogP contribution in [0, 0.1) is 0 Å². The summed E-state index contributed by atoms with van der Waals surface area (Å²) >= 11 is 0. The Labute approximate surface area is 107 Å². The lowest BCUT2D eigenvalue weighted by Gasteiger charge is -1.99. The van der Waals surface area contributed by atoms with E-state index in [2.05, 4.69) is 34.1 Å². The molecule has 0 aliphatic rings. The second kappa shape index (κ2) is 6.14. The molecule has 2 rings (SSSR count). The number of anilines is 1. The Morgan fingerprint density at radius 1 is 1.39 bits per heavy atom. The molecule has 2 aromatic heterocycles. The smallest absolute Gasteiger partial charge is 0.231 e. The minimum absolute atomic E-state index is 0.171. The topological polar surface area (TPSA) is 70.7 Å². The van der Waals surface area contributed by atoms with Gasteiger partial charge in [-0.3, -0.25) is 10.1 Å². The van der Waals surface area contributed by atoms with E-state index in [1.807, 2.05) is 19.9 Å². The molecule has 0 saturated heterocycles. The van der Waals surface area contributed by atoms with Gasteiger partial charge in [-0.1, -0.05) is 27.7 Å².